The van der Waals surface area contributed by atoms with Crippen LogP contribution in [-0.4, -0.2) is 19.0 Å². The number of rotatable bonds is 3. The molecule has 0 unspecified atom stereocenters. The lowest BCUT2D eigenvalue weighted by atomic mass is 9.97. The Morgan fingerprint density at radius 2 is 2.00 bits per heavy atom. The molecule has 0 N–H and O–H groups in total. The molecule has 2 rings (SSSR count). The molecule has 0 aromatic heterocycles. The third-order valence-corrected chi connectivity index (χ3v) is 2.59. The molecule has 0 amide bonds. The van der Waals surface area contributed by atoms with Gasteiger partial charge in [-0.1, -0.05) is 24.3 Å². The largest absolute Gasteiger partial charge is 0.381 e. The van der Waals surface area contributed by atoms with E-state index in [1.165, 1.54) is 5.56 Å². The van der Waals surface area contributed by atoms with Gasteiger partial charge in [-0.25, -0.2) is 0 Å². The van der Waals surface area contributed by atoms with Crippen molar-refractivity contribution in [3.8, 4) is 0 Å². The maximum atomic E-state index is 11.0. The lowest BCUT2D eigenvalue weighted by Crippen LogP contribution is -2.29. The third-order valence-electron chi connectivity index (χ3n) is 2.59. The van der Waals surface area contributed by atoms with Gasteiger partial charge in [0.05, 0.1) is 13.2 Å². The third kappa shape index (κ3) is 2.02. The average Bonchev–Trinajstić information content (AvgIpc) is 2.12. The molecule has 1 aromatic carbocycles. The molecule has 2 nitrogen and oxygen atoms in total. The molecular formula is C12H14O2. The monoisotopic (exact) mass is 190 g/mol. The molecule has 0 spiro atoms. The van der Waals surface area contributed by atoms with Crippen molar-refractivity contribution in [2.24, 2.45) is 5.92 Å². The molecule has 1 fully saturated rings. The molecule has 0 saturated carbocycles. The number of Topliss-reactive ketones (excluding diaryl/α,β-unsaturated/α-hetero) is 1. The first kappa shape index (κ1) is 9.41. The maximum absolute atomic E-state index is 11.0. The highest BCUT2D eigenvalue weighted by atomic mass is 16.5. The van der Waals surface area contributed by atoms with Crippen molar-refractivity contribution in [1.82, 2.24) is 0 Å². The van der Waals surface area contributed by atoms with Gasteiger partial charge in [0.1, 0.15) is 0 Å². The summed E-state index contributed by atoms with van der Waals surface area (Å²) in [7, 11) is 0. The first-order chi connectivity index (χ1) is 6.75. The first-order valence-corrected chi connectivity index (χ1v) is 4.93. The zero-order valence-corrected chi connectivity index (χ0v) is 8.32. The Labute approximate surface area is 83.9 Å². The molecule has 0 bridgehead atoms. The molecule has 1 aliphatic rings. The zero-order chi connectivity index (χ0) is 9.97. The summed E-state index contributed by atoms with van der Waals surface area (Å²) in [6.07, 6.45) is 1.07. The van der Waals surface area contributed by atoms with Gasteiger partial charge in [0, 0.05) is 11.5 Å². The minimum atomic E-state index is 0.128. The van der Waals surface area contributed by atoms with Crippen molar-refractivity contribution < 1.29 is 9.53 Å². The van der Waals surface area contributed by atoms with E-state index >= 15 is 0 Å². The van der Waals surface area contributed by atoms with E-state index in [-0.39, 0.29) is 5.78 Å². The van der Waals surface area contributed by atoms with Crippen molar-refractivity contribution in [2.45, 2.75) is 13.3 Å². The van der Waals surface area contributed by atoms with Gasteiger partial charge in [-0.15, -0.1) is 0 Å². The van der Waals surface area contributed by atoms with Gasteiger partial charge >= 0.3 is 0 Å². The van der Waals surface area contributed by atoms with Crippen LogP contribution in [0.1, 0.15) is 22.8 Å². The van der Waals surface area contributed by atoms with E-state index in [2.05, 4.69) is 0 Å². The molecule has 14 heavy (non-hydrogen) atoms. The van der Waals surface area contributed by atoms with E-state index in [9.17, 15) is 4.79 Å². The van der Waals surface area contributed by atoms with Gasteiger partial charge in [0.2, 0.25) is 0 Å². The second kappa shape index (κ2) is 3.93. The molecule has 2 heteroatoms. The minimum Gasteiger partial charge on any atom is -0.381 e. The van der Waals surface area contributed by atoms with Gasteiger partial charge in [0.25, 0.3) is 0 Å². The fraction of sp³-hybridized carbons (Fsp3) is 0.417. The number of ketones is 1. The second-order valence-corrected chi connectivity index (χ2v) is 3.86. The summed E-state index contributed by atoms with van der Waals surface area (Å²) in [6.45, 7) is 3.36. The van der Waals surface area contributed by atoms with Crippen LogP contribution in [0, 0.1) is 5.92 Å². The number of hydrogen-bond donors (Lipinski definition) is 0. The molecule has 0 atom stereocenters. The Morgan fingerprint density at radius 3 is 2.43 bits per heavy atom. The topological polar surface area (TPSA) is 26.3 Å². The van der Waals surface area contributed by atoms with Gasteiger partial charge in [-0.05, 0) is 18.9 Å². The van der Waals surface area contributed by atoms with E-state index in [0.29, 0.717) is 5.92 Å². The minimum absolute atomic E-state index is 0.128. The molecule has 74 valence electrons. The normalized spacial score (nSPS) is 16.4. The van der Waals surface area contributed by atoms with Crippen molar-refractivity contribution >= 4 is 5.78 Å². The number of ether oxygens (including phenoxy) is 1. The number of benzene rings is 1. The lowest BCUT2D eigenvalue weighted by molar-refractivity contribution is -0.0312. The fourth-order valence-corrected chi connectivity index (χ4v) is 1.61. The highest BCUT2D eigenvalue weighted by molar-refractivity contribution is 5.93. The van der Waals surface area contributed by atoms with Crippen molar-refractivity contribution in [3.05, 3.63) is 35.4 Å². The smallest absolute Gasteiger partial charge is 0.159 e. The Morgan fingerprint density at radius 1 is 1.36 bits per heavy atom. The van der Waals surface area contributed by atoms with Crippen LogP contribution in [-0.2, 0) is 11.2 Å². The Bertz CT molecular complexity index is 323. The summed E-state index contributed by atoms with van der Waals surface area (Å²) in [4.78, 5) is 11.0. The molecule has 1 heterocycles. The van der Waals surface area contributed by atoms with E-state index in [4.69, 9.17) is 4.74 Å². The molecule has 1 aliphatic heterocycles. The SMILES string of the molecule is CC(=O)c1ccc(CC2COC2)cc1. The number of carbonyl (C=O) groups excluding carboxylic acids is 1. The molecule has 0 aliphatic carbocycles. The highest BCUT2D eigenvalue weighted by Gasteiger charge is 2.18. The van der Waals surface area contributed by atoms with Gasteiger partial charge in [-0.2, -0.15) is 0 Å². The summed E-state index contributed by atoms with van der Waals surface area (Å²) in [5.74, 6) is 0.807. The Kier molecular flexibility index (Phi) is 2.64. The molecular weight excluding hydrogens is 176 g/mol. The molecule has 1 aromatic rings. The van der Waals surface area contributed by atoms with Crippen LogP contribution in [0.5, 0.6) is 0 Å². The summed E-state index contributed by atoms with van der Waals surface area (Å²) in [6, 6.07) is 7.87. The Balaban J connectivity index is 2.01. The standard InChI is InChI=1S/C12H14O2/c1-9(13)12-4-2-10(3-5-12)6-11-7-14-8-11/h2-5,11H,6-8H2,1H3. The van der Waals surface area contributed by atoms with Crippen LogP contribution >= 0.6 is 0 Å². The van der Waals surface area contributed by atoms with Crippen LogP contribution < -0.4 is 0 Å². The van der Waals surface area contributed by atoms with E-state index in [1.54, 1.807) is 6.92 Å². The van der Waals surface area contributed by atoms with E-state index in [0.717, 1.165) is 25.2 Å². The number of carbonyl (C=O) groups is 1. The summed E-state index contributed by atoms with van der Waals surface area (Å²) in [5.41, 5.74) is 2.09. The van der Waals surface area contributed by atoms with Crippen LogP contribution in [0.25, 0.3) is 0 Å². The van der Waals surface area contributed by atoms with Crippen molar-refractivity contribution in [3.63, 3.8) is 0 Å². The Hall–Kier alpha value is -1.15. The first-order valence-electron chi connectivity index (χ1n) is 4.93. The van der Waals surface area contributed by atoms with Gasteiger partial charge in [0.15, 0.2) is 5.78 Å². The van der Waals surface area contributed by atoms with Crippen LogP contribution in [0.3, 0.4) is 0 Å². The second-order valence-electron chi connectivity index (χ2n) is 3.86. The number of hydrogen-bond acceptors (Lipinski definition) is 2. The predicted molar refractivity (Wildman–Crippen MR) is 54.5 cm³/mol. The van der Waals surface area contributed by atoms with Crippen molar-refractivity contribution in [2.75, 3.05) is 13.2 Å². The van der Waals surface area contributed by atoms with Crippen LogP contribution in [0.2, 0.25) is 0 Å². The van der Waals surface area contributed by atoms with Crippen molar-refractivity contribution in [1.29, 1.82) is 0 Å². The highest BCUT2D eigenvalue weighted by Crippen LogP contribution is 2.17. The summed E-state index contributed by atoms with van der Waals surface area (Å²) in [5, 5.41) is 0. The van der Waals surface area contributed by atoms with Crippen LogP contribution in [0.15, 0.2) is 24.3 Å². The summed E-state index contributed by atoms with van der Waals surface area (Å²) >= 11 is 0. The summed E-state index contributed by atoms with van der Waals surface area (Å²) < 4.78 is 5.11. The molecule has 1 saturated heterocycles. The van der Waals surface area contributed by atoms with E-state index < -0.39 is 0 Å². The predicted octanol–water partition coefficient (Wildman–Crippen LogP) is 2.08. The quantitative estimate of drug-likeness (QED) is 0.682. The molecule has 0 radical (unpaired) electrons. The van der Waals surface area contributed by atoms with Gasteiger partial charge < -0.3 is 4.74 Å². The lowest BCUT2D eigenvalue weighted by Gasteiger charge is -2.25. The average molecular weight is 190 g/mol. The van der Waals surface area contributed by atoms with Gasteiger partial charge in [-0.3, -0.25) is 4.79 Å². The van der Waals surface area contributed by atoms with Crippen LogP contribution in [0.4, 0.5) is 0 Å². The fourth-order valence-electron chi connectivity index (χ4n) is 1.61. The maximum Gasteiger partial charge on any atom is 0.159 e. The zero-order valence-electron chi connectivity index (χ0n) is 8.32. The van der Waals surface area contributed by atoms with E-state index in [1.807, 2.05) is 24.3 Å².